The number of alkyl halides is 4. The summed E-state index contributed by atoms with van der Waals surface area (Å²) in [4.78, 5) is 40.1. The quantitative estimate of drug-likeness (QED) is 0.0733. The van der Waals surface area contributed by atoms with Crippen molar-refractivity contribution >= 4 is 93.5 Å². The number of carboxylic acids is 2. The van der Waals surface area contributed by atoms with Crippen LogP contribution in [0.4, 0.5) is 0 Å². The molecule has 3 fully saturated rings. The maximum atomic E-state index is 11.3. The zero-order valence-corrected chi connectivity index (χ0v) is 34.2. The maximum absolute atomic E-state index is 11.3. The number of ether oxygens (including phenoxy) is 2. The number of hydrogen-bond acceptors (Lipinski definition) is 10. The highest BCUT2D eigenvalue weighted by Gasteiger charge is 2.85. The molecule has 1 aliphatic heterocycles. The normalized spacial score (nSPS) is 32.2. The topological polar surface area (TPSA) is 208 Å². The number of hydrogen-bond donors (Lipinski definition) is 6. The molecule has 6 rings (SSSR count). The van der Waals surface area contributed by atoms with Gasteiger partial charge >= 0.3 is 23.9 Å². The van der Waals surface area contributed by atoms with Crippen LogP contribution in [0.15, 0.2) is 34.3 Å². The third-order valence-corrected chi connectivity index (χ3v) is 15.2. The molecule has 6 N–H and O–H groups in total. The van der Waals surface area contributed by atoms with Crippen LogP contribution >= 0.6 is 69.6 Å². The van der Waals surface area contributed by atoms with E-state index in [-0.39, 0.29) is 35.5 Å². The Balaban J connectivity index is 0.000000205. The van der Waals surface area contributed by atoms with E-state index in [9.17, 15) is 39.6 Å². The summed E-state index contributed by atoms with van der Waals surface area (Å²) in [5.41, 5.74) is 1.11. The highest BCUT2D eigenvalue weighted by atomic mass is 35.5. The number of allylic oxidation sites excluding steroid dienone is 2. The van der Waals surface area contributed by atoms with Crippen LogP contribution in [-0.4, -0.2) is 107 Å². The zero-order chi connectivity index (χ0) is 40.8. The molecular weight excluding hydrogens is 837 g/mol. The third kappa shape index (κ3) is 9.31. The summed E-state index contributed by atoms with van der Waals surface area (Å²) >= 11 is 36.2. The number of carbonyl (C=O) groups is 4. The van der Waals surface area contributed by atoms with Gasteiger partial charge in [-0.2, -0.15) is 0 Å². The summed E-state index contributed by atoms with van der Waals surface area (Å²) in [5.74, 6) is -6.05. The maximum Gasteiger partial charge on any atom is 0.346 e. The Labute approximate surface area is 343 Å². The zero-order valence-electron chi connectivity index (χ0n) is 29.7. The first kappa shape index (κ1) is 47.0. The molecule has 4 atom stereocenters. The van der Waals surface area contributed by atoms with E-state index >= 15 is 0 Å². The van der Waals surface area contributed by atoms with Gasteiger partial charge in [0.25, 0.3) is 0 Å². The highest BCUT2D eigenvalue weighted by Crippen LogP contribution is 2.76. The van der Waals surface area contributed by atoms with E-state index in [0.717, 1.165) is 37.5 Å². The monoisotopic (exact) mass is 880 g/mol. The lowest BCUT2D eigenvalue weighted by atomic mass is 9.60. The highest BCUT2D eigenvalue weighted by molar-refractivity contribution is 6.66. The van der Waals surface area contributed by atoms with Gasteiger partial charge in [-0.25, -0.2) is 9.59 Å². The standard InChI is InChI=1S/C15H28O2.C9H4Cl6O4.C8H4O3.C4H10O3/c1-15(2,11-3-7-13(16)8-4-11)12-5-9-14(17)10-6-12;10-3-4(11)8(13)2(6(18)19)1(5(16)17)7(3,12)9(8,14)15;9-7-5-3-1-2-4-6(5)8(10)11-7;5-1-3-7-4-2-6/h11-14,16-17H,3-10H2,1-2H3;1-2H,(H,16,17)(H,18,19);1-4H;5-6H,1-4H2. The van der Waals surface area contributed by atoms with Crippen molar-refractivity contribution in [3.05, 3.63) is 45.5 Å². The van der Waals surface area contributed by atoms with Crippen LogP contribution in [-0.2, 0) is 19.1 Å². The summed E-state index contributed by atoms with van der Waals surface area (Å²) in [7, 11) is 0. The molecule has 4 aliphatic carbocycles. The number of aliphatic hydroxyl groups excluding tert-OH is 4. The van der Waals surface area contributed by atoms with Crippen molar-refractivity contribution in [1.29, 1.82) is 0 Å². The minimum absolute atomic E-state index is 0.0278. The molecule has 5 aliphatic rings. The number of cyclic esters (lactones) is 2. The van der Waals surface area contributed by atoms with Gasteiger partial charge in [0.2, 0.25) is 0 Å². The van der Waals surface area contributed by atoms with Gasteiger partial charge in [-0.15, -0.1) is 23.2 Å². The van der Waals surface area contributed by atoms with Gasteiger partial charge in [0.05, 0.1) is 71.7 Å². The number of aliphatic carboxylic acids is 2. The first-order chi connectivity index (χ1) is 25.2. The van der Waals surface area contributed by atoms with E-state index in [1.54, 1.807) is 24.3 Å². The first-order valence-corrected chi connectivity index (χ1v) is 19.7. The number of carbonyl (C=O) groups excluding carboxylic acids is 2. The molecule has 4 unspecified atom stereocenters. The summed E-state index contributed by atoms with van der Waals surface area (Å²) in [5, 5.41) is 53.1. The minimum Gasteiger partial charge on any atom is -0.481 e. The second-order valence-corrected chi connectivity index (χ2v) is 17.6. The fourth-order valence-electron chi connectivity index (χ4n) is 7.85. The van der Waals surface area contributed by atoms with Crippen molar-refractivity contribution in [3.63, 3.8) is 0 Å². The lowest BCUT2D eigenvalue weighted by Gasteiger charge is -2.46. The molecule has 0 radical (unpaired) electrons. The number of fused-ring (bicyclic) bond motifs is 3. The van der Waals surface area contributed by atoms with Crippen LogP contribution in [0.5, 0.6) is 0 Å². The van der Waals surface area contributed by atoms with E-state index in [2.05, 4.69) is 23.3 Å². The first-order valence-electron chi connectivity index (χ1n) is 17.4. The van der Waals surface area contributed by atoms with E-state index in [0.29, 0.717) is 29.8 Å². The molecule has 1 aromatic rings. The van der Waals surface area contributed by atoms with Gasteiger partial charge in [0.1, 0.15) is 9.75 Å². The molecule has 0 saturated heterocycles. The Morgan fingerprint density at radius 2 is 1.06 bits per heavy atom. The van der Waals surface area contributed by atoms with E-state index in [1.807, 2.05) is 0 Å². The van der Waals surface area contributed by atoms with Crippen molar-refractivity contribution in [1.82, 2.24) is 0 Å². The number of rotatable bonds is 8. The summed E-state index contributed by atoms with van der Waals surface area (Å²) in [6, 6.07) is 6.53. The molecule has 1 aromatic carbocycles. The number of esters is 2. The molecular formula is C36H46Cl6O12. The molecule has 2 bridgehead atoms. The van der Waals surface area contributed by atoms with Crippen LogP contribution in [0.25, 0.3) is 0 Å². The molecule has 304 valence electrons. The molecule has 54 heavy (non-hydrogen) atoms. The fraction of sp³-hybridized carbons (Fsp3) is 0.667. The minimum atomic E-state index is -2.18. The van der Waals surface area contributed by atoms with Crippen molar-refractivity contribution in [2.45, 2.75) is 91.5 Å². The van der Waals surface area contributed by atoms with Gasteiger partial charge in [-0.1, -0.05) is 72.4 Å². The van der Waals surface area contributed by atoms with Gasteiger partial charge in [0, 0.05) is 0 Å². The van der Waals surface area contributed by atoms with E-state index in [4.69, 9.17) is 79.8 Å². The van der Waals surface area contributed by atoms with Gasteiger partial charge in [-0.05, 0) is 80.8 Å². The molecule has 18 heteroatoms. The summed E-state index contributed by atoms with van der Waals surface area (Å²) < 4.78 is 6.81. The molecule has 0 spiro atoms. The van der Waals surface area contributed by atoms with Crippen LogP contribution in [0.2, 0.25) is 0 Å². The number of carboxylic acid groups (broad SMARTS) is 2. The smallest absolute Gasteiger partial charge is 0.346 e. The lowest BCUT2D eigenvalue weighted by Crippen LogP contribution is -2.45. The van der Waals surface area contributed by atoms with Crippen LogP contribution in [0.3, 0.4) is 0 Å². The molecule has 1 heterocycles. The van der Waals surface area contributed by atoms with Gasteiger partial charge in [-0.3, -0.25) is 9.59 Å². The van der Waals surface area contributed by atoms with Crippen LogP contribution in [0.1, 0.15) is 85.9 Å². The largest absolute Gasteiger partial charge is 0.481 e. The van der Waals surface area contributed by atoms with Gasteiger partial charge in [0.15, 0.2) is 4.33 Å². The molecule has 0 aromatic heterocycles. The summed E-state index contributed by atoms with van der Waals surface area (Å²) in [6.07, 6.45) is 8.62. The predicted octanol–water partition coefficient (Wildman–Crippen LogP) is 6.33. The SMILES string of the molecule is CC(C)(C1CCC(O)CC1)C1CCC(O)CC1.O=C(O)C1C(C(=O)O)C2(Cl)C(Cl)=C(Cl)C1(Cl)C2(Cl)Cl.O=C1OC(=O)c2ccccc21.OCCOCCO. The Hall–Kier alpha value is -1.42. The number of halogens is 6. The summed E-state index contributed by atoms with van der Waals surface area (Å²) in [6.45, 7) is 5.52. The molecule has 12 nitrogen and oxygen atoms in total. The fourth-order valence-corrected chi connectivity index (χ4v) is 10.8. The van der Waals surface area contributed by atoms with Gasteiger partial charge < -0.3 is 40.1 Å². The lowest BCUT2D eigenvalue weighted by molar-refractivity contribution is -0.153. The molecule has 3 saturated carbocycles. The van der Waals surface area contributed by atoms with Crippen molar-refractivity contribution in [2.24, 2.45) is 29.1 Å². The van der Waals surface area contributed by atoms with Crippen molar-refractivity contribution < 1.29 is 59.3 Å². The average molecular weight is 883 g/mol. The van der Waals surface area contributed by atoms with E-state index in [1.165, 1.54) is 25.7 Å². The second kappa shape index (κ2) is 19.4. The van der Waals surface area contributed by atoms with Crippen molar-refractivity contribution in [2.75, 3.05) is 26.4 Å². The third-order valence-electron chi connectivity index (χ3n) is 11.0. The second-order valence-electron chi connectivity index (χ2n) is 14.4. The van der Waals surface area contributed by atoms with Crippen LogP contribution < -0.4 is 0 Å². The van der Waals surface area contributed by atoms with E-state index < -0.39 is 49.8 Å². The predicted molar refractivity (Wildman–Crippen MR) is 203 cm³/mol. The van der Waals surface area contributed by atoms with Crippen LogP contribution in [0, 0.1) is 29.1 Å². The van der Waals surface area contributed by atoms with Crippen molar-refractivity contribution in [3.8, 4) is 0 Å². The average Bonchev–Trinajstić information content (AvgIpc) is 3.53. The number of benzene rings is 1. The Morgan fingerprint density at radius 1 is 0.722 bits per heavy atom. The number of aliphatic hydroxyl groups is 4. The Kier molecular flexibility index (Phi) is 16.8. The molecule has 0 amide bonds. The Bertz CT molecular complexity index is 1430. The Morgan fingerprint density at radius 3 is 1.35 bits per heavy atom.